The zero-order valence-corrected chi connectivity index (χ0v) is 17.7. The number of hydrogen-bond donors (Lipinski definition) is 1. The fourth-order valence-electron chi connectivity index (χ4n) is 4.46. The van der Waals surface area contributed by atoms with Gasteiger partial charge in [0.05, 0.1) is 0 Å². The van der Waals surface area contributed by atoms with E-state index in [4.69, 9.17) is 0 Å². The van der Waals surface area contributed by atoms with E-state index in [-0.39, 0.29) is 0 Å². The summed E-state index contributed by atoms with van der Waals surface area (Å²) in [4.78, 5) is 0. The topological polar surface area (TPSA) is 20.2 Å². The van der Waals surface area contributed by atoms with Crippen molar-refractivity contribution < 1.29 is 5.11 Å². The van der Waals surface area contributed by atoms with Gasteiger partial charge >= 0.3 is 0 Å². The van der Waals surface area contributed by atoms with Crippen LogP contribution in [-0.4, -0.2) is 5.11 Å². The maximum atomic E-state index is 12.4. The second-order valence-electron chi connectivity index (χ2n) is 7.90. The molecule has 1 N–H and O–H groups in total. The van der Waals surface area contributed by atoms with Gasteiger partial charge in [-0.2, -0.15) is 0 Å². The van der Waals surface area contributed by atoms with Gasteiger partial charge in [-0.25, -0.2) is 0 Å². The van der Waals surface area contributed by atoms with Crippen molar-refractivity contribution >= 4 is 0 Å². The standard InChI is InChI=1S/C31H24O/c32-31(25-16-6-2-7-17-25,26-18-8-3-9-19-26)30-23-13-12-22-29(30)28-21-11-10-20-27(28)24-14-4-1-5-15-24/h1-23,32H. The molecule has 32 heavy (non-hydrogen) atoms. The molecule has 0 aliphatic heterocycles. The lowest BCUT2D eigenvalue weighted by Gasteiger charge is -2.32. The van der Waals surface area contributed by atoms with Crippen LogP contribution in [0.15, 0.2) is 140 Å². The van der Waals surface area contributed by atoms with Crippen LogP contribution in [0.5, 0.6) is 0 Å². The van der Waals surface area contributed by atoms with E-state index in [2.05, 4.69) is 54.6 Å². The summed E-state index contributed by atoms with van der Waals surface area (Å²) < 4.78 is 0. The van der Waals surface area contributed by atoms with Crippen LogP contribution in [0, 0.1) is 0 Å². The summed E-state index contributed by atoms with van der Waals surface area (Å²) in [5.41, 5.74) is 5.67. The maximum Gasteiger partial charge on any atom is 0.141 e. The van der Waals surface area contributed by atoms with Gasteiger partial charge in [0.1, 0.15) is 5.60 Å². The fraction of sp³-hybridized carbons (Fsp3) is 0.0323. The largest absolute Gasteiger partial charge is 0.376 e. The van der Waals surface area contributed by atoms with Crippen molar-refractivity contribution in [1.82, 2.24) is 0 Å². The summed E-state index contributed by atoms with van der Waals surface area (Å²) >= 11 is 0. The highest BCUT2D eigenvalue weighted by Gasteiger charge is 2.36. The minimum absolute atomic E-state index is 0.843. The molecule has 154 valence electrons. The molecule has 0 saturated carbocycles. The van der Waals surface area contributed by atoms with Crippen LogP contribution in [0.25, 0.3) is 22.3 Å². The van der Waals surface area contributed by atoms with Crippen LogP contribution < -0.4 is 0 Å². The maximum absolute atomic E-state index is 12.4. The fourth-order valence-corrected chi connectivity index (χ4v) is 4.46. The molecule has 5 aromatic rings. The Morgan fingerprint density at radius 3 is 1.34 bits per heavy atom. The first-order valence-electron chi connectivity index (χ1n) is 10.9. The lowest BCUT2D eigenvalue weighted by Crippen LogP contribution is -2.29. The number of hydrogen-bond acceptors (Lipinski definition) is 1. The molecule has 0 saturated heterocycles. The molecule has 0 aliphatic carbocycles. The minimum Gasteiger partial charge on any atom is -0.376 e. The first-order valence-corrected chi connectivity index (χ1v) is 10.9. The van der Waals surface area contributed by atoms with Gasteiger partial charge in [0, 0.05) is 5.56 Å². The highest BCUT2D eigenvalue weighted by molar-refractivity contribution is 5.85. The van der Waals surface area contributed by atoms with E-state index in [9.17, 15) is 5.11 Å². The molecule has 0 aliphatic rings. The van der Waals surface area contributed by atoms with Crippen molar-refractivity contribution in [3.63, 3.8) is 0 Å². The van der Waals surface area contributed by atoms with Gasteiger partial charge in [-0.3, -0.25) is 0 Å². The van der Waals surface area contributed by atoms with E-state index in [0.717, 1.165) is 38.9 Å². The summed E-state index contributed by atoms with van der Waals surface area (Å²) in [6, 6.07) is 46.8. The highest BCUT2D eigenvalue weighted by atomic mass is 16.3. The molecular weight excluding hydrogens is 388 g/mol. The van der Waals surface area contributed by atoms with Crippen LogP contribution >= 0.6 is 0 Å². The Kier molecular flexibility index (Phi) is 5.41. The molecule has 0 unspecified atom stereocenters. The third-order valence-electron chi connectivity index (χ3n) is 6.00. The van der Waals surface area contributed by atoms with Crippen molar-refractivity contribution in [3.8, 4) is 22.3 Å². The third kappa shape index (κ3) is 3.53. The first kappa shape index (κ1) is 20.0. The Balaban J connectivity index is 1.79. The zero-order valence-electron chi connectivity index (χ0n) is 17.7. The summed E-state index contributed by atoms with van der Waals surface area (Å²) in [6.07, 6.45) is 0. The second-order valence-corrected chi connectivity index (χ2v) is 7.90. The monoisotopic (exact) mass is 412 g/mol. The molecule has 0 fully saturated rings. The van der Waals surface area contributed by atoms with Crippen LogP contribution in [0.3, 0.4) is 0 Å². The van der Waals surface area contributed by atoms with Crippen molar-refractivity contribution in [2.75, 3.05) is 0 Å². The summed E-state index contributed by atoms with van der Waals surface area (Å²) in [5.74, 6) is 0. The smallest absolute Gasteiger partial charge is 0.141 e. The van der Waals surface area contributed by atoms with Crippen molar-refractivity contribution in [2.45, 2.75) is 5.60 Å². The Morgan fingerprint density at radius 1 is 0.375 bits per heavy atom. The Hall–Kier alpha value is -3.94. The van der Waals surface area contributed by atoms with E-state index < -0.39 is 5.60 Å². The molecule has 1 nitrogen and oxygen atoms in total. The number of benzene rings is 5. The van der Waals surface area contributed by atoms with Gasteiger partial charge in [0.15, 0.2) is 0 Å². The molecule has 0 radical (unpaired) electrons. The van der Waals surface area contributed by atoms with E-state index in [1.807, 2.05) is 84.9 Å². The normalized spacial score (nSPS) is 11.3. The lowest BCUT2D eigenvalue weighted by molar-refractivity contribution is 0.126. The van der Waals surface area contributed by atoms with Crippen LogP contribution in [0.2, 0.25) is 0 Å². The number of aliphatic hydroxyl groups is 1. The van der Waals surface area contributed by atoms with Crippen molar-refractivity contribution in [1.29, 1.82) is 0 Å². The SMILES string of the molecule is OC(c1ccccc1)(c1ccccc1)c1ccccc1-c1ccccc1-c1ccccc1. The quantitative estimate of drug-likeness (QED) is 0.300. The summed E-state index contributed by atoms with van der Waals surface area (Å²) in [7, 11) is 0. The molecule has 5 rings (SSSR count). The van der Waals surface area contributed by atoms with E-state index in [1.54, 1.807) is 0 Å². The molecule has 0 aromatic heterocycles. The van der Waals surface area contributed by atoms with Crippen LogP contribution in [0.1, 0.15) is 16.7 Å². The molecular formula is C31H24O. The molecule has 0 spiro atoms. The third-order valence-corrected chi connectivity index (χ3v) is 6.00. The molecule has 5 aromatic carbocycles. The van der Waals surface area contributed by atoms with Crippen molar-refractivity contribution in [2.24, 2.45) is 0 Å². The summed E-state index contributed by atoms with van der Waals surface area (Å²) in [5, 5.41) is 12.4. The molecule has 0 amide bonds. The van der Waals surface area contributed by atoms with Crippen LogP contribution in [-0.2, 0) is 5.60 Å². The van der Waals surface area contributed by atoms with Gasteiger partial charge in [-0.1, -0.05) is 140 Å². The predicted molar refractivity (Wildman–Crippen MR) is 132 cm³/mol. The Labute approximate surface area is 189 Å². The van der Waals surface area contributed by atoms with Crippen molar-refractivity contribution in [3.05, 3.63) is 156 Å². The van der Waals surface area contributed by atoms with Gasteiger partial charge in [-0.15, -0.1) is 0 Å². The minimum atomic E-state index is -1.29. The lowest BCUT2D eigenvalue weighted by atomic mass is 9.76. The average Bonchev–Trinajstić information content (AvgIpc) is 2.90. The Bertz CT molecular complexity index is 1270. The van der Waals surface area contributed by atoms with Gasteiger partial charge in [0.25, 0.3) is 0 Å². The summed E-state index contributed by atoms with van der Waals surface area (Å²) in [6.45, 7) is 0. The average molecular weight is 413 g/mol. The zero-order chi connectivity index (χ0) is 21.8. The van der Waals surface area contributed by atoms with Crippen LogP contribution in [0.4, 0.5) is 0 Å². The second kappa shape index (κ2) is 8.66. The number of rotatable bonds is 5. The van der Waals surface area contributed by atoms with E-state index >= 15 is 0 Å². The molecule has 0 bridgehead atoms. The molecule has 0 heterocycles. The Morgan fingerprint density at radius 2 is 0.781 bits per heavy atom. The van der Waals surface area contributed by atoms with E-state index in [0.29, 0.717) is 0 Å². The van der Waals surface area contributed by atoms with E-state index in [1.165, 1.54) is 0 Å². The molecule has 1 heteroatoms. The van der Waals surface area contributed by atoms with Gasteiger partial charge in [0.2, 0.25) is 0 Å². The van der Waals surface area contributed by atoms with Gasteiger partial charge < -0.3 is 5.11 Å². The molecule has 0 atom stereocenters. The van der Waals surface area contributed by atoms with Gasteiger partial charge in [-0.05, 0) is 33.4 Å². The highest BCUT2D eigenvalue weighted by Crippen LogP contribution is 2.43. The predicted octanol–water partition coefficient (Wildman–Crippen LogP) is 7.30. The first-order chi connectivity index (χ1) is 15.8.